The number of nitrogens with zero attached hydrogens (tertiary/aromatic N) is 1. The smallest absolute Gasteiger partial charge is 0.387 e. The molecule has 1 amide bonds. The van der Waals surface area contributed by atoms with E-state index < -0.39 is 20.0 Å². The number of hydrogen-bond donors (Lipinski definition) is 3. The molecule has 0 saturated heterocycles. The summed E-state index contributed by atoms with van der Waals surface area (Å²) in [4.78, 5) is 23.4. The van der Waals surface area contributed by atoms with Gasteiger partial charge in [0.25, 0.3) is 0 Å². The molecule has 85 heavy (non-hydrogen) atoms. The maximum Gasteiger partial charge on any atom is 0.472 e. The van der Waals surface area contributed by atoms with Crippen LogP contribution in [-0.4, -0.2) is 73.4 Å². The van der Waals surface area contributed by atoms with Crippen molar-refractivity contribution in [2.24, 2.45) is 0 Å². The van der Waals surface area contributed by atoms with Crippen LogP contribution in [0.15, 0.2) is 36.5 Å². The summed E-state index contributed by atoms with van der Waals surface area (Å²) in [6.45, 7) is 4.87. The minimum atomic E-state index is -4.35. The molecule has 0 heterocycles. The highest BCUT2D eigenvalue weighted by Crippen LogP contribution is 2.43. The average Bonchev–Trinajstić information content (AvgIpc) is 3.48. The van der Waals surface area contributed by atoms with E-state index >= 15 is 0 Å². The summed E-state index contributed by atoms with van der Waals surface area (Å²) in [6, 6.07) is -0.845. The van der Waals surface area contributed by atoms with E-state index in [4.69, 9.17) is 9.05 Å². The number of amides is 1. The van der Waals surface area contributed by atoms with Gasteiger partial charge in [0, 0.05) is 6.42 Å². The summed E-state index contributed by atoms with van der Waals surface area (Å²) < 4.78 is 23.8. The number of aliphatic hydroxyl groups is 1. The van der Waals surface area contributed by atoms with Crippen LogP contribution in [0.3, 0.4) is 0 Å². The third-order valence-electron chi connectivity index (χ3n) is 17.6. The van der Waals surface area contributed by atoms with E-state index in [1.54, 1.807) is 6.08 Å². The molecule has 3 N–H and O–H groups in total. The fourth-order valence-electron chi connectivity index (χ4n) is 11.7. The number of rotatable bonds is 71. The molecule has 0 radical (unpaired) electrons. The van der Waals surface area contributed by atoms with Crippen LogP contribution in [0, 0.1) is 0 Å². The summed E-state index contributed by atoms with van der Waals surface area (Å²) in [5, 5.41) is 14.0. The van der Waals surface area contributed by atoms with Crippen LogP contribution in [0.1, 0.15) is 393 Å². The zero-order valence-electron chi connectivity index (χ0n) is 57.9. The molecule has 8 nitrogen and oxygen atoms in total. The Labute approximate surface area is 531 Å². The average molecular weight is 1220 g/mol. The molecule has 0 aromatic rings. The highest BCUT2D eigenvalue weighted by atomic mass is 31.2. The van der Waals surface area contributed by atoms with Crippen molar-refractivity contribution >= 4 is 13.7 Å². The molecule has 0 rings (SSSR count). The molecule has 9 heteroatoms. The van der Waals surface area contributed by atoms with Crippen molar-refractivity contribution in [3.8, 4) is 0 Å². The second kappa shape index (κ2) is 67.1. The van der Waals surface area contributed by atoms with Crippen molar-refractivity contribution in [3.05, 3.63) is 36.5 Å². The summed E-state index contributed by atoms with van der Waals surface area (Å²) in [7, 11) is 1.59. The quantitative estimate of drug-likeness (QED) is 0.0243. The molecule has 0 aromatic heterocycles. The number of unbranched alkanes of at least 4 members (excludes halogenated alkanes) is 54. The molecular weight excluding hydrogens is 1070 g/mol. The van der Waals surface area contributed by atoms with Gasteiger partial charge in [0.1, 0.15) is 13.2 Å². The minimum absolute atomic E-state index is 0.0644. The third kappa shape index (κ3) is 70.0. The number of aliphatic hydroxyl groups excluding tert-OH is 1. The van der Waals surface area contributed by atoms with Crippen LogP contribution in [0.4, 0.5) is 0 Å². The van der Waals surface area contributed by atoms with Crippen LogP contribution in [0.2, 0.25) is 0 Å². The number of quaternary nitrogens is 1. The molecule has 0 aliphatic heterocycles. The summed E-state index contributed by atoms with van der Waals surface area (Å²) in [5.74, 6) is -0.168. The van der Waals surface area contributed by atoms with E-state index in [-0.39, 0.29) is 19.1 Å². The van der Waals surface area contributed by atoms with Gasteiger partial charge in [-0.1, -0.05) is 371 Å². The van der Waals surface area contributed by atoms with Gasteiger partial charge < -0.3 is 19.8 Å². The number of hydrogen-bond acceptors (Lipinski definition) is 5. The van der Waals surface area contributed by atoms with E-state index in [9.17, 15) is 19.4 Å². The number of nitrogens with one attached hydrogen (secondary N) is 1. The first-order chi connectivity index (χ1) is 41.5. The normalized spacial score (nSPS) is 13.7. The molecule has 0 fully saturated rings. The SMILES string of the molecule is CCCCCCC/C=C\C/C=C\CCCCCCCCCCCCCCCCCCCCCCCCCCCCCCCC(=O)NC(COP(=O)(O)OCC[N+](C)(C)C)C(O)/C=C/CCCCCCCCCCCCCCCCCCCCCC. The lowest BCUT2D eigenvalue weighted by atomic mass is 10.0. The number of likely N-dealkylation sites (N-methyl/N-ethyl adjacent to an activating group) is 1. The Hall–Kier alpha value is -1.28. The Morgan fingerprint density at radius 2 is 0.671 bits per heavy atom. The molecule has 3 atom stereocenters. The van der Waals surface area contributed by atoms with Crippen molar-refractivity contribution in [3.63, 3.8) is 0 Å². The maximum atomic E-state index is 13.1. The summed E-state index contributed by atoms with van der Waals surface area (Å²) in [5.41, 5.74) is 0. The largest absolute Gasteiger partial charge is 0.472 e. The first-order valence-electron chi connectivity index (χ1n) is 37.9. The molecule has 0 aromatic carbocycles. The van der Waals surface area contributed by atoms with Crippen LogP contribution in [0.25, 0.3) is 0 Å². The molecule has 3 unspecified atom stereocenters. The van der Waals surface area contributed by atoms with Gasteiger partial charge in [-0.2, -0.15) is 0 Å². The van der Waals surface area contributed by atoms with Gasteiger partial charge in [0.2, 0.25) is 5.91 Å². The topological polar surface area (TPSA) is 105 Å². The van der Waals surface area contributed by atoms with Crippen molar-refractivity contribution in [2.75, 3.05) is 40.9 Å². The lowest BCUT2D eigenvalue weighted by Gasteiger charge is -2.25. The molecule has 0 aliphatic rings. The zero-order chi connectivity index (χ0) is 61.9. The molecule has 504 valence electrons. The standard InChI is InChI=1S/C76H149N2O6P/c1-6-8-10-12-14-16-18-20-22-24-26-28-30-31-32-33-34-35-36-37-38-39-40-41-42-43-44-45-46-47-48-50-52-54-56-58-60-62-64-66-68-70-76(80)77-74(73-84-85(81,82)83-72-71-78(3,4)5)75(79)69-67-65-63-61-59-57-55-53-51-49-29-27-25-23-21-19-17-15-13-11-9-7-2/h18,20,24,26,67,69,74-75,79H,6-17,19,21-23,25,27-66,68,70-73H2,1-5H3,(H-,77,80,81,82)/p+1/b20-18-,26-24-,69-67+. The third-order valence-corrected chi connectivity index (χ3v) is 18.6. The van der Waals surface area contributed by atoms with E-state index in [0.717, 1.165) is 38.5 Å². The van der Waals surface area contributed by atoms with Crippen LogP contribution in [-0.2, 0) is 18.4 Å². The molecule has 0 aliphatic carbocycles. The van der Waals surface area contributed by atoms with Gasteiger partial charge in [0.15, 0.2) is 0 Å². The molecule has 0 spiro atoms. The highest BCUT2D eigenvalue weighted by Gasteiger charge is 2.28. The number of carbonyl (C=O) groups excluding carboxylic acids is 1. The number of allylic oxidation sites excluding steroid dienone is 5. The van der Waals surface area contributed by atoms with Gasteiger partial charge in [-0.3, -0.25) is 13.8 Å². The lowest BCUT2D eigenvalue weighted by molar-refractivity contribution is -0.870. The van der Waals surface area contributed by atoms with Gasteiger partial charge in [0.05, 0.1) is 39.9 Å². The van der Waals surface area contributed by atoms with Gasteiger partial charge in [-0.25, -0.2) is 4.57 Å². The van der Waals surface area contributed by atoms with Crippen molar-refractivity contribution < 1.29 is 32.9 Å². The van der Waals surface area contributed by atoms with Gasteiger partial charge in [-0.15, -0.1) is 0 Å². The fraction of sp³-hybridized carbons (Fsp3) is 0.908. The van der Waals surface area contributed by atoms with Crippen LogP contribution >= 0.6 is 7.82 Å². The molecule has 0 saturated carbocycles. The molecule has 0 bridgehead atoms. The molecular formula is C76H150N2O6P+. The minimum Gasteiger partial charge on any atom is -0.387 e. The Balaban J connectivity index is 3.89. The van der Waals surface area contributed by atoms with E-state index in [1.807, 2.05) is 27.2 Å². The predicted molar refractivity (Wildman–Crippen MR) is 374 cm³/mol. The van der Waals surface area contributed by atoms with Crippen molar-refractivity contribution in [1.29, 1.82) is 0 Å². The second-order valence-corrected chi connectivity index (χ2v) is 28.8. The maximum absolute atomic E-state index is 13.1. The van der Waals surface area contributed by atoms with E-state index in [1.165, 1.54) is 334 Å². The lowest BCUT2D eigenvalue weighted by Crippen LogP contribution is -2.45. The van der Waals surface area contributed by atoms with Crippen LogP contribution < -0.4 is 5.32 Å². The van der Waals surface area contributed by atoms with Gasteiger partial charge in [-0.05, 0) is 51.4 Å². The Bertz CT molecular complexity index is 1480. The zero-order valence-corrected chi connectivity index (χ0v) is 58.8. The van der Waals surface area contributed by atoms with E-state index in [0.29, 0.717) is 17.4 Å². The summed E-state index contributed by atoms with van der Waals surface area (Å²) >= 11 is 0. The van der Waals surface area contributed by atoms with Crippen molar-refractivity contribution in [2.45, 2.75) is 405 Å². The number of phosphoric acid groups is 1. The predicted octanol–water partition coefficient (Wildman–Crippen LogP) is 24.4. The fourth-order valence-corrected chi connectivity index (χ4v) is 12.5. The summed E-state index contributed by atoms with van der Waals surface area (Å²) in [6.07, 6.45) is 90.4. The van der Waals surface area contributed by atoms with Gasteiger partial charge >= 0.3 is 7.82 Å². The van der Waals surface area contributed by atoms with Crippen molar-refractivity contribution in [1.82, 2.24) is 5.32 Å². The van der Waals surface area contributed by atoms with Crippen LogP contribution in [0.5, 0.6) is 0 Å². The number of phosphoric ester groups is 1. The Morgan fingerprint density at radius 3 is 0.965 bits per heavy atom. The second-order valence-electron chi connectivity index (χ2n) is 27.4. The number of carbonyl (C=O) groups is 1. The first-order valence-corrected chi connectivity index (χ1v) is 39.4. The highest BCUT2D eigenvalue weighted by molar-refractivity contribution is 7.47. The Kier molecular flexibility index (Phi) is 66.1. The first kappa shape index (κ1) is 83.7. The Morgan fingerprint density at radius 1 is 0.400 bits per heavy atom. The van der Waals surface area contributed by atoms with E-state index in [2.05, 4.69) is 43.5 Å². The monoisotopic (exact) mass is 1220 g/mol.